The van der Waals surface area contributed by atoms with Crippen LogP contribution in [0.15, 0.2) is 47.7 Å². The van der Waals surface area contributed by atoms with Crippen LogP contribution in [-0.2, 0) is 6.42 Å². The third-order valence-electron chi connectivity index (χ3n) is 3.20. The zero-order valence-electron chi connectivity index (χ0n) is 13.4. The van der Waals surface area contributed by atoms with Crippen molar-refractivity contribution < 1.29 is 0 Å². The maximum atomic E-state index is 4.49. The molecule has 0 amide bonds. The Hall–Kier alpha value is -2.30. The van der Waals surface area contributed by atoms with Crippen molar-refractivity contribution >= 4 is 5.96 Å². The second-order valence-corrected chi connectivity index (χ2v) is 5.07. The van der Waals surface area contributed by atoms with E-state index < -0.39 is 0 Å². The normalized spacial score (nSPS) is 11.5. The molecule has 0 bridgehead atoms. The van der Waals surface area contributed by atoms with Crippen molar-refractivity contribution in [2.45, 2.75) is 26.7 Å². The molecule has 0 radical (unpaired) electrons. The highest BCUT2D eigenvalue weighted by atomic mass is 15.3. The van der Waals surface area contributed by atoms with E-state index in [1.54, 1.807) is 0 Å². The number of hydrogen-bond donors (Lipinski definition) is 2. The van der Waals surface area contributed by atoms with E-state index in [1.807, 2.05) is 29.1 Å². The number of para-hydroxylation sites is 1. The molecule has 2 rings (SSSR count). The number of benzene rings is 1. The van der Waals surface area contributed by atoms with E-state index >= 15 is 0 Å². The highest BCUT2D eigenvalue weighted by molar-refractivity contribution is 5.79. The Morgan fingerprint density at radius 2 is 2.00 bits per heavy atom. The number of aromatic nitrogens is 2. The number of rotatable bonds is 7. The summed E-state index contributed by atoms with van der Waals surface area (Å²) in [6.07, 6.45) is 5.97. The largest absolute Gasteiger partial charge is 0.357 e. The Balaban J connectivity index is 1.86. The molecule has 0 saturated heterocycles. The smallest absolute Gasteiger partial charge is 0.191 e. The summed E-state index contributed by atoms with van der Waals surface area (Å²) in [4.78, 5) is 4.49. The summed E-state index contributed by atoms with van der Waals surface area (Å²) in [7, 11) is 0. The molecule has 0 aliphatic carbocycles. The average molecular weight is 299 g/mol. The van der Waals surface area contributed by atoms with Crippen LogP contribution in [0.1, 0.15) is 25.8 Å². The molecule has 0 spiro atoms. The Morgan fingerprint density at radius 1 is 1.18 bits per heavy atom. The lowest BCUT2D eigenvalue weighted by Crippen LogP contribution is -2.38. The molecule has 0 unspecified atom stereocenters. The summed E-state index contributed by atoms with van der Waals surface area (Å²) >= 11 is 0. The van der Waals surface area contributed by atoms with Crippen molar-refractivity contribution in [2.24, 2.45) is 4.99 Å². The third kappa shape index (κ3) is 4.91. The van der Waals surface area contributed by atoms with E-state index in [0.717, 1.165) is 44.1 Å². The molecule has 1 aromatic carbocycles. The van der Waals surface area contributed by atoms with Gasteiger partial charge >= 0.3 is 0 Å². The fourth-order valence-electron chi connectivity index (χ4n) is 2.10. The molecule has 0 atom stereocenters. The zero-order chi connectivity index (χ0) is 15.6. The topological polar surface area (TPSA) is 54.2 Å². The lowest BCUT2D eigenvalue weighted by molar-refractivity contribution is 0.793. The molecule has 5 nitrogen and oxygen atoms in total. The lowest BCUT2D eigenvalue weighted by atomic mass is 10.2. The van der Waals surface area contributed by atoms with Gasteiger partial charge in [0, 0.05) is 25.8 Å². The van der Waals surface area contributed by atoms with E-state index in [0.29, 0.717) is 0 Å². The predicted molar refractivity (Wildman–Crippen MR) is 91.5 cm³/mol. The van der Waals surface area contributed by atoms with Gasteiger partial charge in [-0.2, -0.15) is 5.10 Å². The fraction of sp³-hybridized carbons (Fsp3) is 0.412. The van der Waals surface area contributed by atoms with Gasteiger partial charge in [0.05, 0.1) is 11.9 Å². The predicted octanol–water partition coefficient (Wildman–Crippen LogP) is 2.38. The van der Waals surface area contributed by atoms with Crippen molar-refractivity contribution in [1.82, 2.24) is 20.4 Å². The minimum atomic E-state index is 0.843. The molecular weight excluding hydrogens is 274 g/mol. The molecule has 2 N–H and O–H groups in total. The maximum absolute atomic E-state index is 4.49. The fourth-order valence-corrected chi connectivity index (χ4v) is 2.10. The summed E-state index contributed by atoms with van der Waals surface area (Å²) in [6.45, 7) is 6.77. The second-order valence-electron chi connectivity index (χ2n) is 5.07. The zero-order valence-corrected chi connectivity index (χ0v) is 13.4. The van der Waals surface area contributed by atoms with Gasteiger partial charge in [-0.05, 0) is 37.5 Å². The SMILES string of the molecule is CCCN=C(NCC)NCCc1cnn(-c2ccccc2)c1. The maximum Gasteiger partial charge on any atom is 0.191 e. The first-order valence-corrected chi connectivity index (χ1v) is 7.94. The van der Waals surface area contributed by atoms with E-state index in [2.05, 4.69) is 52.9 Å². The average Bonchev–Trinajstić information content (AvgIpc) is 3.02. The van der Waals surface area contributed by atoms with Gasteiger partial charge in [0.25, 0.3) is 0 Å². The van der Waals surface area contributed by atoms with Crippen LogP contribution in [0.5, 0.6) is 0 Å². The van der Waals surface area contributed by atoms with Gasteiger partial charge in [0.1, 0.15) is 0 Å². The summed E-state index contributed by atoms with van der Waals surface area (Å²) in [5.74, 6) is 0.889. The van der Waals surface area contributed by atoms with Gasteiger partial charge in [0.2, 0.25) is 0 Å². The van der Waals surface area contributed by atoms with Crippen LogP contribution in [0.3, 0.4) is 0 Å². The van der Waals surface area contributed by atoms with Crippen molar-refractivity contribution in [1.29, 1.82) is 0 Å². The van der Waals surface area contributed by atoms with Crippen LogP contribution in [0.4, 0.5) is 0 Å². The third-order valence-corrected chi connectivity index (χ3v) is 3.20. The van der Waals surface area contributed by atoms with E-state index in [4.69, 9.17) is 0 Å². The van der Waals surface area contributed by atoms with Crippen molar-refractivity contribution in [3.05, 3.63) is 48.3 Å². The molecule has 0 fully saturated rings. The number of hydrogen-bond acceptors (Lipinski definition) is 2. The molecule has 22 heavy (non-hydrogen) atoms. The summed E-state index contributed by atoms with van der Waals surface area (Å²) in [5, 5.41) is 11.0. The van der Waals surface area contributed by atoms with Crippen LogP contribution in [0.25, 0.3) is 5.69 Å². The van der Waals surface area contributed by atoms with Crippen LogP contribution in [0, 0.1) is 0 Å². The van der Waals surface area contributed by atoms with Gasteiger partial charge in [0.15, 0.2) is 5.96 Å². The van der Waals surface area contributed by atoms with Crippen molar-refractivity contribution in [3.63, 3.8) is 0 Å². The Morgan fingerprint density at radius 3 is 2.73 bits per heavy atom. The standard InChI is InChI=1S/C17H25N5/c1-3-11-19-17(18-4-2)20-12-10-15-13-21-22(14-15)16-8-6-5-7-9-16/h5-9,13-14H,3-4,10-12H2,1-2H3,(H2,18,19,20). The number of nitrogens with zero attached hydrogens (tertiary/aromatic N) is 3. The summed E-state index contributed by atoms with van der Waals surface area (Å²) < 4.78 is 1.91. The quantitative estimate of drug-likeness (QED) is 0.609. The Labute approximate surface area is 132 Å². The molecule has 1 heterocycles. The van der Waals surface area contributed by atoms with Crippen LogP contribution in [0.2, 0.25) is 0 Å². The van der Waals surface area contributed by atoms with Crippen LogP contribution >= 0.6 is 0 Å². The second kappa shape index (κ2) is 8.87. The van der Waals surface area contributed by atoms with E-state index in [9.17, 15) is 0 Å². The molecule has 1 aromatic heterocycles. The van der Waals surface area contributed by atoms with E-state index in [1.165, 1.54) is 5.56 Å². The van der Waals surface area contributed by atoms with Crippen molar-refractivity contribution in [2.75, 3.05) is 19.6 Å². The molecular formula is C17H25N5. The van der Waals surface area contributed by atoms with E-state index in [-0.39, 0.29) is 0 Å². The molecule has 0 aliphatic heterocycles. The highest BCUT2D eigenvalue weighted by Crippen LogP contribution is 2.07. The van der Waals surface area contributed by atoms with Gasteiger partial charge in [-0.3, -0.25) is 4.99 Å². The monoisotopic (exact) mass is 299 g/mol. The Kier molecular flexibility index (Phi) is 6.48. The van der Waals surface area contributed by atoms with Gasteiger partial charge in [-0.15, -0.1) is 0 Å². The Bertz CT molecular complexity index is 574. The minimum Gasteiger partial charge on any atom is -0.357 e. The summed E-state index contributed by atoms with van der Waals surface area (Å²) in [5.41, 5.74) is 2.29. The molecule has 2 aromatic rings. The number of nitrogens with one attached hydrogen (secondary N) is 2. The first kappa shape index (κ1) is 16.1. The molecule has 0 saturated carbocycles. The number of guanidine groups is 1. The first-order chi connectivity index (χ1) is 10.8. The molecule has 118 valence electrons. The van der Waals surface area contributed by atoms with Gasteiger partial charge in [-0.1, -0.05) is 25.1 Å². The van der Waals surface area contributed by atoms with Gasteiger partial charge in [-0.25, -0.2) is 4.68 Å². The molecule has 5 heteroatoms. The summed E-state index contributed by atoms with van der Waals surface area (Å²) in [6, 6.07) is 10.2. The lowest BCUT2D eigenvalue weighted by Gasteiger charge is -2.10. The van der Waals surface area contributed by atoms with Crippen LogP contribution < -0.4 is 10.6 Å². The molecule has 0 aliphatic rings. The minimum absolute atomic E-state index is 0.843. The van der Waals surface area contributed by atoms with Crippen LogP contribution in [-0.4, -0.2) is 35.4 Å². The van der Waals surface area contributed by atoms with Crippen molar-refractivity contribution in [3.8, 4) is 5.69 Å². The highest BCUT2D eigenvalue weighted by Gasteiger charge is 2.01. The first-order valence-electron chi connectivity index (χ1n) is 7.94. The number of aliphatic imine (C=N–C) groups is 1. The van der Waals surface area contributed by atoms with Gasteiger partial charge < -0.3 is 10.6 Å².